The standard InChI is InChI=1S/C20H22ClFN4O/c21-19-4-2-1-3-17(19)14-25-9-11-26(12-10-25)15-20(27)24-23-13-16-5-7-18(22)8-6-16/h1-8,13H,9-12,14-15H2,(H,24,27). The number of nitrogens with one attached hydrogen (secondary N) is 1. The van der Waals surface area contributed by atoms with Crippen LogP contribution in [0, 0.1) is 5.82 Å². The molecule has 1 N–H and O–H groups in total. The van der Waals surface area contributed by atoms with Gasteiger partial charge in [-0.15, -0.1) is 0 Å². The average molecular weight is 389 g/mol. The van der Waals surface area contributed by atoms with Crippen LogP contribution in [-0.4, -0.2) is 54.6 Å². The molecule has 0 bridgehead atoms. The Hall–Kier alpha value is -2.28. The van der Waals surface area contributed by atoms with E-state index >= 15 is 0 Å². The number of piperazine rings is 1. The lowest BCUT2D eigenvalue weighted by molar-refractivity contribution is -0.122. The first kappa shape index (κ1) is 19.5. The van der Waals surface area contributed by atoms with Gasteiger partial charge in [-0.25, -0.2) is 9.82 Å². The van der Waals surface area contributed by atoms with E-state index in [4.69, 9.17) is 11.6 Å². The van der Waals surface area contributed by atoms with Crippen molar-refractivity contribution in [1.82, 2.24) is 15.2 Å². The summed E-state index contributed by atoms with van der Waals surface area (Å²) in [6.45, 7) is 4.54. The lowest BCUT2D eigenvalue weighted by atomic mass is 10.2. The first-order valence-corrected chi connectivity index (χ1v) is 9.23. The van der Waals surface area contributed by atoms with Gasteiger partial charge in [0, 0.05) is 37.7 Å². The van der Waals surface area contributed by atoms with E-state index in [0.717, 1.165) is 48.9 Å². The highest BCUT2D eigenvalue weighted by atomic mass is 35.5. The van der Waals surface area contributed by atoms with E-state index in [-0.39, 0.29) is 11.7 Å². The molecule has 1 heterocycles. The number of rotatable bonds is 6. The van der Waals surface area contributed by atoms with Crippen molar-refractivity contribution in [3.05, 3.63) is 70.5 Å². The van der Waals surface area contributed by atoms with Crippen LogP contribution >= 0.6 is 11.6 Å². The summed E-state index contributed by atoms with van der Waals surface area (Å²) in [4.78, 5) is 16.5. The Morgan fingerprint density at radius 1 is 1.07 bits per heavy atom. The molecule has 1 aliphatic heterocycles. The SMILES string of the molecule is O=C(CN1CCN(Cc2ccccc2Cl)CC1)NN=Cc1ccc(F)cc1. The first-order chi connectivity index (χ1) is 13.1. The number of hydrazone groups is 1. The van der Waals surface area contributed by atoms with Crippen molar-refractivity contribution in [2.45, 2.75) is 6.54 Å². The zero-order chi connectivity index (χ0) is 19.1. The summed E-state index contributed by atoms with van der Waals surface area (Å²) in [5.41, 5.74) is 4.37. The number of nitrogens with zero attached hydrogens (tertiary/aromatic N) is 3. The topological polar surface area (TPSA) is 47.9 Å². The molecule has 7 heteroatoms. The van der Waals surface area contributed by atoms with E-state index in [9.17, 15) is 9.18 Å². The van der Waals surface area contributed by atoms with Gasteiger partial charge >= 0.3 is 0 Å². The van der Waals surface area contributed by atoms with Crippen LogP contribution < -0.4 is 5.43 Å². The van der Waals surface area contributed by atoms with Gasteiger partial charge in [-0.05, 0) is 29.3 Å². The summed E-state index contributed by atoms with van der Waals surface area (Å²) in [6, 6.07) is 13.8. The molecule has 1 amide bonds. The summed E-state index contributed by atoms with van der Waals surface area (Å²) in [7, 11) is 0. The molecule has 0 aromatic heterocycles. The van der Waals surface area contributed by atoms with Crippen molar-refractivity contribution >= 4 is 23.7 Å². The maximum absolute atomic E-state index is 12.8. The number of hydrogen-bond donors (Lipinski definition) is 1. The second-order valence-electron chi connectivity index (χ2n) is 6.49. The quantitative estimate of drug-likeness (QED) is 0.611. The van der Waals surface area contributed by atoms with Crippen molar-refractivity contribution in [3.63, 3.8) is 0 Å². The van der Waals surface area contributed by atoms with Crippen molar-refractivity contribution in [2.24, 2.45) is 5.10 Å². The Labute approximate surface area is 163 Å². The molecule has 0 atom stereocenters. The molecular weight excluding hydrogens is 367 g/mol. The van der Waals surface area contributed by atoms with Gasteiger partial charge in [-0.1, -0.05) is 41.9 Å². The Balaban J connectivity index is 1.39. The Kier molecular flexibility index (Phi) is 6.92. The first-order valence-electron chi connectivity index (χ1n) is 8.86. The lowest BCUT2D eigenvalue weighted by Gasteiger charge is -2.34. The van der Waals surface area contributed by atoms with Crippen molar-refractivity contribution < 1.29 is 9.18 Å². The van der Waals surface area contributed by atoms with E-state index < -0.39 is 0 Å². The fourth-order valence-corrected chi connectivity index (χ4v) is 3.13. The predicted molar refractivity (Wildman–Crippen MR) is 105 cm³/mol. The summed E-state index contributed by atoms with van der Waals surface area (Å²) >= 11 is 6.22. The minimum absolute atomic E-state index is 0.159. The van der Waals surface area contributed by atoms with Gasteiger partial charge in [0.05, 0.1) is 12.8 Å². The number of carbonyl (C=O) groups excluding carboxylic acids is 1. The Bertz CT molecular complexity index is 789. The molecule has 5 nitrogen and oxygen atoms in total. The fraction of sp³-hybridized carbons (Fsp3) is 0.300. The minimum Gasteiger partial charge on any atom is -0.296 e. The molecule has 1 fully saturated rings. The van der Waals surface area contributed by atoms with Crippen LogP contribution in [0.25, 0.3) is 0 Å². The monoisotopic (exact) mass is 388 g/mol. The molecule has 3 rings (SSSR count). The highest BCUT2D eigenvalue weighted by molar-refractivity contribution is 6.31. The third-order valence-corrected chi connectivity index (χ3v) is 4.83. The molecule has 0 saturated carbocycles. The number of hydrogen-bond acceptors (Lipinski definition) is 4. The molecule has 0 aliphatic carbocycles. The number of amides is 1. The van der Waals surface area contributed by atoms with Crippen LogP contribution in [-0.2, 0) is 11.3 Å². The van der Waals surface area contributed by atoms with Crippen LogP contribution in [0.2, 0.25) is 5.02 Å². The summed E-state index contributed by atoms with van der Waals surface area (Å²) in [5.74, 6) is -0.460. The smallest absolute Gasteiger partial charge is 0.254 e. The van der Waals surface area contributed by atoms with Crippen LogP contribution in [0.5, 0.6) is 0 Å². The number of halogens is 2. The maximum atomic E-state index is 12.8. The molecule has 1 aliphatic rings. The molecule has 0 unspecified atom stereocenters. The van der Waals surface area contributed by atoms with E-state index in [1.165, 1.54) is 18.3 Å². The average Bonchev–Trinajstić information content (AvgIpc) is 2.67. The minimum atomic E-state index is -0.301. The third-order valence-electron chi connectivity index (χ3n) is 4.46. The van der Waals surface area contributed by atoms with Gasteiger partial charge in [0.2, 0.25) is 0 Å². The largest absolute Gasteiger partial charge is 0.296 e. The van der Waals surface area contributed by atoms with E-state index in [1.807, 2.05) is 24.3 Å². The predicted octanol–water partition coefficient (Wildman–Crippen LogP) is 2.75. The molecule has 2 aromatic carbocycles. The van der Waals surface area contributed by atoms with Crippen LogP contribution in [0.4, 0.5) is 4.39 Å². The summed E-state index contributed by atoms with van der Waals surface area (Å²) in [6.07, 6.45) is 1.50. The molecule has 27 heavy (non-hydrogen) atoms. The fourth-order valence-electron chi connectivity index (χ4n) is 2.94. The van der Waals surface area contributed by atoms with Gasteiger partial charge in [0.25, 0.3) is 5.91 Å². The van der Waals surface area contributed by atoms with Gasteiger partial charge in [-0.3, -0.25) is 14.6 Å². The van der Waals surface area contributed by atoms with Gasteiger partial charge in [0.1, 0.15) is 5.82 Å². The maximum Gasteiger partial charge on any atom is 0.254 e. The highest BCUT2D eigenvalue weighted by Gasteiger charge is 2.19. The highest BCUT2D eigenvalue weighted by Crippen LogP contribution is 2.17. The van der Waals surface area contributed by atoms with Crippen LogP contribution in [0.3, 0.4) is 0 Å². The Morgan fingerprint density at radius 2 is 1.74 bits per heavy atom. The second-order valence-corrected chi connectivity index (χ2v) is 6.90. The molecule has 2 aromatic rings. The van der Waals surface area contributed by atoms with Crippen LogP contribution in [0.1, 0.15) is 11.1 Å². The van der Waals surface area contributed by atoms with Gasteiger partial charge in [-0.2, -0.15) is 5.10 Å². The second kappa shape index (κ2) is 9.60. The zero-order valence-corrected chi connectivity index (χ0v) is 15.7. The molecule has 0 radical (unpaired) electrons. The third kappa shape index (κ3) is 6.13. The van der Waals surface area contributed by atoms with Crippen molar-refractivity contribution in [1.29, 1.82) is 0 Å². The van der Waals surface area contributed by atoms with Gasteiger partial charge in [0.15, 0.2) is 0 Å². The molecular formula is C20H22ClFN4O. The summed E-state index contributed by atoms with van der Waals surface area (Å²) < 4.78 is 12.8. The number of carbonyl (C=O) groups is 1. The van der Waals surface area contributed by atoms with Crippen LogP contribution in [0.15, 0.2) is 53.6 Å². The van der Waals surface area contributed by atoms with E-state index in [2.05, 4.69) is 20.3 Å². The van der Waals surface area contributed by atoms with Crippen molar-refractivity contribution in [2.75, 3.05) is 32.7 Å². The molecule has 142 valence electrons. The lowest BCUT2D eigenvalue weighted by Crippen LogP contribution is -2.48. The summed E-state index contributed by atoms with van der Waals surface area (Å²) in [5, 5.41) is 4.71. The molecule has 1 saturated heterocycles. The Morgan fingerprint density at radius 3 is 2.44 bits per heavy atom. The van der Waals surface area contributed by atoms with Crippen molar-refractivity contribution in [3.8, 4) is 0 Å². The zero-order valence-electron chi connectivity index (χ0n) is 14.9. The van der Waals surface area contributed by atoms with E-state index in [1.54, 1.807) is 12.1 Å². The van der Waals surface area contributed by atoms with E-state index in [0.29, 0.717) is 6.54 Å². The van der Waals surface area contributed by atoms with Gasteiger partial charge < -0.3 is 0 Å². The normalized spacial score (nSPS) is 15.9. The number of benzene rings is 2. The molecule has 0 spiro atoms.